The Kier molecular flexibility index (Phi) is 8.07. The fourth-order valence-corrected chi connectivity index (χ4v) is 3.64. The second-order valence-corrected chi connectivity index (χ2v) is 7.19. The zero-order valence-corrected chi connectivity index (χ0v) is 14.4. The molecule has 2 unspecified atom stereocenters. The number of nitrogens with one attached hydrogen (secondary N) is 1. The molecule has 0 heterocycles. The summed E-state index contributed by atoms with van der Waals surface area (Å²) in [4.78, 5) is 1.30. The van der Waals surface area contributed by atoms with Crippen molar-refractivity contribution in [3.63, 3.8) is 0 Å². The molecule has 0 aromatic heterocycles. The lowest BCUT2D eigenvalue weighted by molar-refractivity contribution is 0.289. The van der Waals surface area contributed by atoms with Gasteiger partial charge in [0.15, 0.2) is 0 Å². The van der Waals surface area contributed by atoms with Crippen molar-refractivity contribution in [3.05, 3.63) is 28.2 Å². The predicted octanol–water partition coefficient (Wildman–Crippen LogP) is 4.37. The van der Waals surface area contributed by atoms with Crippen molar-refractivity contribution in [2.75, 3.05) is 13.2 Å². The molecule has 0 bridgehead atoms. The van der Waals surface area contributed by atoms with E-state index in [4.69, 9.17) is 5.11 Å². The lowest BCUT2D eigenvalue weighted by Gasteiger charge is -2.19. The van der Waals surface area contributed by atoms with Crippen LogP contribution in [-0.4, -0.2) is 23.5 Å². The summed E-state index contributed by atoms with van der Waals surface area (Å²) in [5, 5.41) is 13.0. The van der Waals surface area contributed by atoms with Crippen LogP contribution in [-0.2, 0) is 0 Å². The van der Waals surface area contributed by atoms with Crippen molar-refractivity contribution in [2.45, 2.75) is 49.8 Å². The van der Waals surface area contributed by atoms with E-state index in [9.17, 15) is 0 Å². The fraction of sp³-hybridized carbons (Fsp3) is 0.600. The molecule has 108 valence electrons. The quantitative estimate of drug-likeness (QED) is 0.686. The van der Waals surface area contributed by atoms with Gasteiger partial charge in [0.1, 0.15) is 0 Å². The van der Waals surface area contributed by atoms with E-state index < -0.39 is 0 Å². The van der Waals surface area contributed by atoms with Crippen molar-refractivity contribution >= 4 is 27.7 Å². The molecule has 0 spiro atoms. The van der Waals surface area contributed by atoms with E-state index in [1.54, 1.807) is 0 Å². The minimum Gasteiger partial charge on any atom is -0.396 e. The van der Waals surface area contributed by atoms with E-state index >= 15 is 0 Å². The van der Waals surface area contributed by atoms with Gasteiger partial charge in [-0.05, 0) is 44.0 Å². The first kappa shape index (κ1) is 17.0. The summed E-state index contributed by atoms with van der Waals surface area (Å²) in [6, 6.07) is 6.82. The van der Waals surface area contributed by atoms with Gasteiger partial charge in [-0.1, -0.05) is 35.8 Å². The lowest BCUT2D eigenvalue weighted by Crippen LogP contribution is -2.20. The summed E-state index contributed by atoms with van der Waals surface area (Å²) in [6.45, 7) is 7.84. The molecule has 1 rings (SSSR count). The van der Waals surface area contributed by atoms with Crippen LogP contribution >= 0.6 is 27.7 Å². The maximum atomic E-state index is 9.03. The molecular weight excluding hydrogens is 322 g/mol. The van der Waals surface area contributed by atoms with Crippen LogP contribution < -0.4 is 5.32 Å². The maximum absolute atomic E-state index is 9.03. The van der Waals surface area contributed by atoms with Crippen molar-refractivity contribution in [1.82, 2.24) is 5.32 Å². The van der Waals surface area contributed by atoms with Gasteiger partial charge in [-0.3, -0.25) is 0 Å². The van der Waals surface area contributed by atoms with Gasteiger partial charge in [-0.2, -0.15) is 0 Å². The molecular formula is C15H24BrNOS. The Morgan fingerprint density at radius 3 is 2.74 bits per heavy atom. The van der Waals surface area contributed by atoms with Gasteiger partial charge in [0, 0.05) is 27.3 Å². The van der Waals surface area contributed by atoms with Gasteiger partial charge >= 0.3 is 0 Å². The van der Waals surface area contributed by atoms with Crippen LogP contribution in [0, 0.1) is 0 Å². The highest BCUT2D eigenvalue weighted by Crippen LogP contribution is 2.33. The Morgan fingerprint density at radius 1 is 1.37 bits per heavy atom. The monoisotopic (exact) mass is 345 g/mol. The average molecular weight is 346 g/mol. The van der Waals surface area contributed by atoms with E-state index in [-0.39, 0.29) is 6.61 Å². The largest absolute Gasteiger partial charge is 0.396 e. The number of halogens is 1. The molecule has 0 fully saturated rings. The number of rotatable bonds is 8. The maximum Gasteiger partial charge on any atom is 0.0441 e. The van der Waals surface area contributed by atoms with Crippen LogP contribution in [0.25, 0.3) is 0 Å². The second kappa shape index (κ2) is 9.01. The lowest BCUT2D eigenvalue weighted by atomic mass is 10.1. The summed E-state index contributed by atoms with van der Waals surface area (Å²) >= 11 is 5.38. The molecule has 0 aliphatic rings. The molecule has 2 atom stereocenters. The molecule has 0 amide bonds. The van der Waals surface area contributed by atoms with Crippen LogP contribution in [0.4, 0.5) is 0 Å². The molecule has 0 radical (unpaired) electrons. The zero-order valence-electron chi connectivity index (χ0n) is 11.9. The molecule has 4 heteroatoms. The van der Waals surface area contributed by atoms with Gasteiger partial charge in [0.25, 0.3) is 0 Å². The Hall–Kier alpha value is -0.0300. The summed E-state index contributed by atoms with van der Waals surface area (Å²) in [5.74, 6) is 0. The highest BCUT2D eigenvalue weighted by atomic mass is 79.9. The third kappa shape index (κ3) is 5.86. The summed E-state index contributed by atoms with van der Waals surface area (Å²) in [5.41, 5.74) is 1.34. The first-order chi connectivity index (χ1) is 9.08. The van der Waals surface area contributed by atoms with Gasteiger partial charge in [0.05, 0.1) is 0 Å². The molecule has 2 nitrogen and oxygen atoms in total. The van der Waals surface area contributed by atoms with E-state index in [2.05, 4.69) is 60.2 Å². The first-order valence-corrected chi connectivity index (χ1v) is 8.56. The van der Waals surface area contributed by atoms with E-state index in [0.717, 1.165) is 23.9 Å². The topological polar surface area (TPSA) is 32.3 Å². The summed E-state index contributed by atoms with van der Waals surface area (Å²) in [7, 11) is 0. The number of benzene rings is 1. The van der Waals surface area contributed by atoms with Crippen LogP contribution in [0.15, 0.2) is 27.6 Å². The third-order valence-corrected chi connectivity index (χ3v) is 4.75. The number of thioether (sulfide) groups is 1. The number of aliphatic hydroxyl groups excluding tert-OH is 1. The zero-order chi connectivity index (χ0) is 14.3. The minimum absolute atomic E-state index is 0.251. The molecule has 1 aromatic carbocycles. The Bertz CT molecular complexity index is 386. The SMILES string of the molecule is CCCNC(C)c1ccc(Br)cc1SC(C)CCO. The van der Waals surface area contributed by atoms with Crippen molar-refractivity contribution in [3.8, 4) is 0 Å². The van der Waals surface area contributed by atoms with Crippen molar-refractivity contribution in [1.29, 1.82) is 0 Å². The highest BCUT2D eigenvalue weighted by molar-refractivity contribution is 9.10. The highest BCUT2D eigenvalue weighted by Gasteiger charge is 2.13. The van der Waals surface area contributed by atoms with Crippen molar-refractivity contribution in [2.24, 2.45) is 0 Å². The summed E-state index contributed by atoms with van der Waals surface area (Å²) < 4.78 is 1.11. The van der Waals surface area contributed by atoms with Gasteiger partial charge in [-0.15, -0.1) is 11.8 Å². The Morgan fingerprint density at radius 2 is 2.11 bits per heavy atom. The Balaban J connectivity index is 2.84. The van der Waals surface area contributed by atoms with E-state index in [0.29, 0.717) is 11.3 Å². The molecule has 1 aromatic rings. The minimum atomic E-state index is 0.251. The molecule has 0 saturated heterocycles. The average Bonchev–Trinajstić information content (AvgIpc) is 2.36. The first-order valence-electron chi connectivity index (χ1n) is 6.88. The van der Waals surface area contributed by atoms with Crippen LogP contribution in [0.3, 0.4) is 0 Å². The number of hydrogen-bond donors (Lipinski definition) is 2. The van der Waals surface area contributed by atoms with Gasteiger partial charge in [-0.25, -0.2) is 0 Å². The van der Waals surface area contributed by atoms with Crippen LogP contribution in [0.5, 0.6) is 0 Å². The molecule has 19 heavy (non-hydrogen) atoms. The van der Waals surface area contributed by atoms with E-state index in [1.165, 1.54) is 10.5 Å². The summed E-state index contributed by atoms with van der Waals surface area (Å²) in [6.07, 6.45) is 1.97. The smallest absolute Gasteiger partial charge is 0.0441 e. The number of hydrogen-bond acceptors (Lipinski definition) is 3. The fourth-order valence-electron chi connectivity index (χ4n) is 1.90. The molecule has 0 aliphatic carbocycles. The Labute approximate surface area is 129 Å². The molecule has 0 aliphatic heterocycles. The van der Waals surface area contributed by atoms with Gasteiger partial charge in [0.2, 0.25) is 0 Å². The predicted molar refractivity (Wildman–Crippen MR) is 87.9 cm³/mol. The van der Waals surface area contributed by atoms with Gasteiger partial charge < -0.3 is 10.4 Å². The van der Waals surface area contributed by atoms with Crippen LogP contribution in [0.2, 0.25) is 0 Å². The molecule has 0 saturated carbocycles. The standard InChI is InChI=1S/C15H24BrNOS/c1-4-8-17-12(3)14-6-5-13(16)10-15(14)19-11(2)7-9-18/h5-6,10-12,17-18H,4,7-9H2,1-3H3. The number of aliphatic hydroxyl groups is 1. The van der Waals surface area contributed by atoms with Crippen molar-refractivity contribution < 1.29 is 5.11 Å². The third-order valence-electron chi connectivity index (χ3n) is 3.01. The van der Waals surface area contributed by atoms with E-state index in [1.807, 2.05) is 11.8 Å². The normalized spacial score (nSPS) is 14.4. The second-order valence-electron chi connectivity index (χ2n) is 4.80. The van der Waals surface area contributed by atoms with Crippen LogP contribution in [0.1, 0.15) is 45.2 Å². The molecule has 2 N–H and O–H groups in total.